The molecule has 0 heterocycles. The summed E-state index contributed by atoms with van der Waals surface area (Å²) in [5.41, 5.74) is 10.1. The third kappa shape index (κ3) is 6.40. The van der Waals surface area contributed by atoms with Gasteiger partial charge in [-0.25, -0.2) is 0 Å². The highest BCUT2D eigenvalue weighted by atomic mass is 28.3. The van der Waals surface area contributed by atoms with Gasteiger partial charge in [0.15, 0.2) is 0 Å². The van der Waals surface area contributed by atoms with Gasteiger partial charge in [0.25, 0.3) is 0 Å². The summed E-state index contributed by atoms with van der Waals surface area (Å²) in [5.74, 6) is 5.42. The van der Waals surface area contributed by atoms with Gasteiger partial charge >= 0.3 is 0 Å². The Morgan fingerprint density at radius 1 is 0.733 bits per heavy atom. The molecule has 1 rings (SSSR count). The summed E-state index contributed by atoms with van der Waals surface area (Å²) in [7, 11) is -1.73. The van der Waals surface area contributed by atoms with Crippen molar-refractivity contribution < 1.29 is 0 Å². The third-order valence-electron chi connectivity index (χ3n) is 6.73. The predicted molar refractivity (Wildman–Crippen MR) is 140 cm³/mol. The Morgan fingerprint density at radius 3 is 1.50 bits per heavy atom. The summed E-state index contributed by atoms with van der Waals surface area (Å²) in [6.45, 7) is 28.2. The van der Waals surface area contributed by atoms with E-state index in [9.17, 15) is 0 Å². The molecule has 0 aromatic heterocycles. The zero-order valence-corrected chi connectivity index (χ0v) is 23.0. The van der Waals surface area contributed by atoms with Crippen LogP contribution in [0.4, 0.5) is 5.69 Å². The maximum atomic E-state index is 3.98. The molecule has 0 bridgehead atoms. The quantitative estimate of drug-likeness (QED) is 0.306. The zero-order chi connectivity index (χ0) is 23.2. The highest BCUT2D eigenvalue weighted by molar-refractivity contribution is 6.90. The Kier molecular flexibility index (Phi) is 10.2. The van der Waals surface area contributed by atoms with Crippen LogP contribution in [0.15, 0.2) is 18.2 Å². The van der Waals surface area contributed by atoms with Crippen molar-refractivity contribution in [2.45, 2.75) is 124 Å². The van der Waals surface area contributed by atoms with Gasteiger partial charge in [-0.2, -0.15) is 0 Å². The van der Waals surface area contributed by atoms with Gasteiger partial charge in [0.2, 0.25) is 0 Å². The van der Waals surface area contributed by atoms with Crippen molar-refractivity contribution in [1.82, 2.24) is 0 Å². The fourth-order valence-corrected chi connectivity index (χ4v) is 10.5. The molecule has 0 saturated carbocycles. The number of anilines is 1. The SMILES string of the molecule is CC(C)CC(C#C[Si](C(C)C)(C(C)C)C(C)C)Nc1c(C(C)C)cccc1C(C)C. The lowest BCUT2D eigenvalue weighted by Gasteiger charge is -2.38. The first kappa shape index (κ1) is 26.8. The molecule has 0 spiro atoms. The van der Waals surface area contributed by atoms with Crippen LogP contribution in [-0.2, 0) is 0 Å². The van der Waals surface area contributed by atoms with Crippen LogP contribution in [0, 0.1) is 17.4 Å². The molecule has 0 aliphatic rings. The van der Waals surface area contributed by atoms with E-state index in [4.69, 9.17) is 0 Å². The molecule has 0 amide bonds. The van der Waals surface area contributed by atoms with Crippen LogP contribution >= 0.6 is 0 Å². The average molecular weight is 428 g/mol. The Bertz CT molecular complexity index is 668. The van der Waals surface area contributed by atoms with Crippen molar-refractivity contribution in [3.05, 3.63) is 29.3 Å². The Balaban J connectivity index is 3.51. The molecule has 1 aromatic carbocycles. The highest BCUT2D eigenvalue weighted by Gasteiger charge is 2.41. The number of hydrogen-bond acceptors (Lipinski definition) is 1. The molecule has 2 heteroatoms. The first-order valence-electron chi connectivity index (χ1n) is 12.3. The smallest absolute Gasteiger partial charge is 0.146 e. The minimum atomic E-state index is -1.73. The molecule has 1 atom stereocenters. The molecular weight excluding hydrogens is 378 g/mol. The lowest BCUT2D eigenvalue weighted by atomic mass is 9.91. The second-order valence-electron chi connectivity index (χ2n) is 11.1. The van der Waals surface area contributed by atoms with Gasteiger partial charge in [0, 0.05) is 5.69 Å². The molecule has 0 fully saturated rings. The molecule has 0 aliphatic carbocycles. The van der Waals surface area contributed by atoms with E-state index in [-0.39, 0.29) is 6.04 Å². The van der Waals surface area contributed by atoms with Crippen LogP contribution in [0.1, 0.15) is 112 Å². The van der Waals surface area contributed by atoms with E-state index in [0.29, 0.717) is 34.4 Å². The minimum absolute atomic E-state index is 0.200. The Hall–Kier alpha value is -1.20. The predicted octanol–water partition coefficient (Wildman–Crippen LogP) is 8.98. The molecule has 30 heavy (non-hydrogen) atoms. The van der Waals surface area contributed by atoms with E-state index in [1.807, 2.05) is 0 Å². The Labute approximate surface area is 189 Å². The highest BCUT2D eigenvalue weighted by Crippen LogP contribution is 2.41. The van der Waals surface area contributed by atoms with Crippen LogP contribution in [0.2, 0.25) is 16.6 Å². The molecule has 170 valence electrons. The van der Waals surface area contributed by atoms with E-state index >= 15 is 0 Å². The monoisotopic (exact) mass is 427 g/mol. The van der Waals surface area contributed by atoms with Gasteiger partial charge < -0.3 is 5.32 Å². The summed E-state index contributed by atoms with van der Waals surface area (Å²) >= 11 is 0. The molecule has 0 aliphatic heterocycles. The van der Waals surface area contributed by atoms with E-state index in [2.05, 4.69) is 118 Å². The lowest BCUT2D eigenvalue weighted by molar-refractivity contribution is 0.569. The van der Waals surface area contributed by atoms with Crippen molar-refractivity contribution in [2.75, 3.05) is 5.32 Å². The van der Waals surface area contributed by atoms with E-state index < -0.39 is 8.07 Å². The number of para-hydroxylation sites is 1. The maximum Gasteiger partial charge on any atom is 0.146 e. The standard InChI is InChI=1S/C28H49NSi/c1-19(2)18-25(16-17-30(22(7)8,23(9)10)24(11)12)29-28-26(20(3)4)14-13-15-27(28)21(5)6/h13-15,19-25,29H,18H2,1-12H3. The largest absolute Gasteiger partial charge is 0.371 e. The molecule has 1 aromatic rings. The first-order valence-corrected chi connectivity index (χ1v) is 14.5. The fraction of sp³-hybridized carbons (Fsp3) is 0.714. The fourth-order valence-electron chi connectivity index (χ4n) is 5.16. The molecule has 1 unspecified atom stereocenters. The van der Waals surface area contributed by atoms with Crippen molar-refractivity contribution in [3.8, 4) is 11.5 Å². The minimum Gasteiger partial charge on any atom is -0.371 e. The summed E-state index contributed by atoms with van der Waals surface area (Å²) in [6.07, 6.45) is 1.08. The first-order chi connectivity index (χ1) is 13.8. The molecular formula is C28H49NSi. The number of benzene rings is 1. The van der Waals surface area contributed by atoms with Gasteiger partial charge in [-0.1, -0.05) is 107 Å². The van der Waals surface area contributed by atoms with E-state index in [1.165, 1.54) is 16.8 Å². The van der Waals surface area contributed by atoms with Gasteiger partial charge in [0.05, 0.1) is 6.04 Å². The number of hydrogen-bond donors (Lipinski definition) is 1. The van der Waals surface area contributed by atoms with Crippen LogP contribution in [0.5, 0.6) is 0 Å². The summed E-state index contributed by atoms with van der Waals surface area (Å²) in [6, 6.07) is 6.99. The number of nitrogens with one attached hydrogen (secondary N) is 1. The second kappa shape index (κ2) is 11.4. The maximum absolute atomic E-state index is 3.98. The van der Waals surface area contributed by atoms with E-state index in [1.54, 1.807) is 0 Å². The number of rotatable bonds is 9. The normalized spacial score (nSPS) is 13.5. The van der Waals surface area contributed by atoms with E-state index in [0.717, 1.165) is 6.42 Å². The van der Waals surface area contributed by atoms with Crippen LogP contribution in [0.3, 0.4) is 0 Å². The van der Waals surface area contributed by atoms with Crippen LogP contribution in [-0.4, -0.2) is 14.1 Å². The summed E-state index contributed by atoms with van der Waals surface area (Å²) in [4.78, 5) is 0. The molecule has 0 saturated heterocycles. The van der Waals surface area contributed by atoms with Crippen LogP contribution < -0.4 is 5.32 Å². The third-order valence-corrected chi connectivity index (χ3v) is 13.0. The Morgan fingerprint density at radius 2 is 1.17 bits per heavy atom. The van der Waals surface area contributed by atoms with Crippen molar-refractivity contribution >= 4 is 13.8 Å². The lowest BCUT2D eigenvalue weighted by Crippen LogP contribution is -2.43. The van der Waals surface area contributed by atoms with Gasteiger partial charge in [-0.05, 0) is 51.9 Å². The second-order valence-corrected chi connectivity index (χ2v) is 16.7. The average Bonchev–Trinajstić information content (AvgIpc) is 2.60. The van der Waals surface area contributed by atoms with Crippen LogP contribution in [0.25, 0.3) is 0 Å². The van der Waals surface area contributed by atoms with Gasteiger partial charge in [-0.3, -0.25) is 0 Å². The van der Waals surface area contributed by atoms with Crippen molar-refractivity contribution in [2.24, 2.45) is 5.92 Å². The van der Waals surface area contributed by atoms with Gasteiger partial charge in [0.1, 0.15) is 8.07 Å². The van der Waals surface area contributed by atoms with Crippen molar-refractivity contribution in [1.29, 1.82) is 0 Å². The molecule has 1 nitrogen and oxygen atoms in total. The van der Waals surface area contributed by atoms with Gasteiger partial charge in [-0.15, -0.1) is 5.54 Å². The van der Waals surface area contributed by atoms with Crippen molar-refractivity contribution in [3.63, 3.8) is 0 Å². The summed E-state index contributed by atoms with van der Waals surface area (Å²) in [5, 5.41) is 3.95. The zero-order valence-electron chi connectivity index (χ0n) is 22.0. The molecule has 1 N–H and O–H groups in total. The topological polar surface area (TPSA) is 12.0 Å². The summed E-state index contributed by atoms with van der Waals surface area (Å²) < 4.78 is 0. The molecule has 0 radical (unpaired) electrons.